The van der Waals surface area contributed by atoms with E-state index in [2.05, 4.69) is 0 Å². The minimum atomic E-state index is -1.98. The van der Waals surface area contributed by atoms with Gasteiger partial charge in [0.05, 0.1) is 0 Å². The number of aliphatic hydroxyl groups is 1. The Morgan fingerprint density at radius 1 is 1.70 bits per heavy atom. The zero-order valence-electron chi connectivity index (χ0n) is 5.85. The van der Waals surface area contributed by atoms with Crippen LogP contribution in [0.2, 0.25) is 0 Å². The Labute approximate surface area is 79.8 Å². The first-order chi connectivity index (χ1) is 4.09. The van der Waals surface area contributed by atoms with Crippen molar-refractivity contribution in [2.75, 3.05) is 0 Å². The molecule has 0 atom stereocenters. The Kier molecular flexibility index (Phi) is 7.19. The minimum Gasteiger partial charge on any atom is -0.542 e. The average Bonchev–Trinajstić information content (AvgIpc) is 1.84. The van der Waals surface area contributed by atoms with Crippen LogP contribution in [0.4, 0.5) is 4.39 Å². The topological polar surface area (TPSA) is 60.4 Å². The van der Waals surface area contributed by atoms with Crippen LogP contribution in [-0.2, 0) is 4.79 Å². The van der Waals surface area contributed by atoms with Gasteiger partial charge in [-0.3, -0.25) is 0 Å². The predicted octanol–water partition coefficient (Wildman–Crippen LogP) is -3.11. The van der Waals surface area contributed by atoms with Gasteiger partial charge in [0.15, 0.2) is 5.83 Å². The number of aliphatic hydroxyl groups excluding tert-OH is 1. The quantitative estimate of drug-likeness (QED) is 0.261. The standard InChI is InChI=1S/C5H7FO3.Na/c1-2-3(7)4(6)5(8)9;/h7H,2H2,1H3,(H,8,9);/q;+1/p-1. The zero-order valence-corrected chi connectivity index (χ0v) is 7.85. The molecule has 0 unspecified atom stereocenters. The van der Waals surface area contributed by atoms with E-state index in [0.29, 0.717) is 0 Å². The molecule has 0 fully saturated rings. The molecule has 0 aliphatic rings. The van der Waals surface area contributed by atoms with Crippen molar-refractivity contribution in [3.05, 3.63) is 11.6 Å². The zero-order chi connectivity index (χ0) is 7.44. The monoisotopic (exact) mass is 156 g/mol. The second kappa shape index (κ2) is 5.70. The van der Waals surface area contributed by atoms with Gasteiger partial charge in [-0.15, -0.1) is 0 Å². The fourth-order valence-electron chi connectivity index (χ4n) is 0.273. The number of carbonyl (C=O) groups is 1. The molecule has 0 bridgehead atoms. The van der Waals surface area contributed by atoms with E-state index in [9.17, 15) is 14.3 Å². The molecule has 0 amide bonds. The molecule has 0 rings (SSSR count). The molecule has 0 aromatic rings. The van der Waals surface area contributed by atoms with Gasteiger partial charge in [-0.2, -0.15) is 0 Å². The Balaban J connectivity index is 0. The molecule has 0 aliphatic heterocycles. The minimum absolute atomic E-state index is 0. The smallest absolute Gasteiger partial charge is 0.542 e. The molecule has 0 saturated carbocycles. The average molecular weight is 156 g/mol. The van der Waals surface area contributed by atoms with E-state index >= 15 is 0 Å². The van der Waals surface area contributed by atoms with Crippen LogP contribution in [0.5, 0.6) is 0 Å². The van der Waals surface area contributed by atoms with E-state index in [1.165, 1.54) is 6.92 Å². The first-order valence-electron chi connectivity index (χ1n) is 2.38. The van der Waals surface area contributed by atoms with Gasteiger partial charge in [-0.05, 0) is 0 Å². The van der Waals surface area contributed by atoms with Gasteiger partial charge in [0.2, 0.25) is 0 Å². The number of aliphatic carboxylic acids is 1. The maximum Gasteiger partial charge on any atom is 1.00 e. The van der Waals surface area contributed by atoms with Gasteiger partial charge < -0.3 is 15.0 Å². The molecule has 3 nitrogen and oxygen atoms in total. The summed E-state index contributed by atoms with van der Waals surface area (Å²) in [5, 5.41) is 18.0. The Morgan fingerprint density at radius 3 is 2.20 bits per heavy atom. The Morgan fingerprint density at radius 2 is 2.10 bits per heavy atom. The summed E-state index contributed by atoms with van der Waals surface area (Å²) in [7, 11) is 0. The summed E-state index contributed by atoms with van der Waals surface area (Å²) in [6.45, 7) is 1.43. The van der Waals surface area contributed by atoms with Crippen LogP contribution < -0.4 is 34.7 Å². The molecule has 0 spiro atoms. The number of halogens is 1. The number of hydrogen-bond donors (Lipinski definition) is 1. The summed E-state index contributed by atoms with van der Waals surface area (Å²) < 4.78 is 11.9. The summed E-state index contributed by atoms with van der Waals surface area (Å²) in [5.41, 5.74) is 0. The molecular formula is C5H6FNaO3. The van der Waals surface area contributed by atoms with Crippen LogP contribution in [0.15, 0.2) is 11.6 Å². The van der Waals surface area contributed by atoms with Crippen molar-refractivity contribution in [1.82, 2.24) is 0 Å². The maximum absolute atomic E-state index is 11.9. The van der Waals surface area contributed by atoms with Gasteiger partial charge in [-0.1, -0.05) is 6.92 Å². The van der Waals surface area contributed by atoms with Crippen LogP contribution in [0, 0.1) is 0 Å². The molecule has 0 aromatic heterocycles. The summed E-state index contributed by atoms with van der Waals surface area (Å²) in [4.78, 5) is 9.60. The van der Waals surface area contributed by atoms with Crippen LogP contribution in [0.1, 0.15) is 13.3 Å². The van der Waals surface area contributed by atoms with Gasteiger partial charge in [0.1, 0.15) is 11.7 Å². The third kappa shape index (κ3) is 3.87. The number of rotatable bonds is 2. The SMILES string of the molecule is CCC(O)=C(F)C(=O)[O-].[Na+]. The first kappa shape index (κ1) is 12.6. The molecular weight excluding hydrogens is 150 g/mol. The summed E-state index contributed by atoms with van der Waals surface area (Å²) in [5.74, 6) is -4.35. The van der Waals surface area contributed by atoms with Crippen molar-refractivity contribution in [3.63, 3.8) is 0 Å². The van der Waals surface area contributed by atoms with Crippen molar-refractivity contribution < 1.29 is 49.0 Å². The van der Waals surface area contributed by atoms with Gasteiger partial charge in [0.25, 0.3) is 0 Å². The fourth-order valence-corrected chi connectivity index (χ4v) is 0.273. The van der Waals surface area contributed by atoms with E-state index in [1.54, 1.807) is 0 Å². The second-order valence-electron chi connectivity index (χ2n) is 1.40. The van der Waals surface area contributed by atoms with Crippen LogP contribution in [-0.4, -0.2) is 11.1 Å². The normalized spacial score (nSPS) is 11.4. The molecule has 10 heavy (non-hydrogen) atoms. The molecule has 0 aromatic carbocycles. The third-order valence-corrected chi connectivity index (χ3v) is 0.767. The Hall–Kier alpha value is -0.0600. The molecule has 0 aliphatic carbocycles. The van der Waals surface area contributed by atoms with E-state index in [1.807, 2.05) is 0 Å². The Bertz CT molecular complexity index is 155. The van der Waals surface area contributed by atoms with Crippen LogP contribution >= 0.6 is 0 Å². The van der Waals surface area contributed by atoms with Crippen LogP contribution in [0.25, 0.3) is 0 Å². The molecule has 5 heteroatoms. The summed E-state index contributed by atoms with van der Waals surface area (Å²) >= 11 is 0. The van der Waals surface area contributed by atoms with Crippen LogP contribution in [0.3, 0.4) is 0 Å². The number of allylic oxidation sites excluding steroid dienone is 1. The van der Waals surface area contributed by atoms with Crippen molar-refractivity contribution in [1.29, 1.82) is 0 Å². The van der Waals surface area contributed by atoms with E-state index < -0.39 is 17.6 Å². The van der Waals surface area contributed by atoms with Crippen molar-refractivity contribution in [2.45, 2.75) is 13.3 Å². The fraction of sp³-hybridized carbons (Fsp3) is 0.400. The molecule has 0 heterocycles. The van der Waals surface area contributed by atoms with Gasteiger partial charge >= 0.3 is 29.6 Å². The van der Waals surface area contributed by atoms with Crippen molar-refractivity contribution >= 4 is 5.97 Å². The molecule has 1 N–H and O–H groups in total. The number of carboxylic acids is 1. The molecule has 0 radical (unpaired) electrons. The van der Waals surface area contributed by atoms with Gasteiger partial charge in [0, 0.05) is 6.42 Å². The largest absolute Gasteiger partial charge is 1.00 e. The van der Waals surface area contributed by atoms with Crippen molar-refractivity contribution in [3.8, 4) is 0 Å². The maximum atomic E-state index is 11.9. The third-order valence-electron chi connectivity index (χ3n) is 0.767. The van der Waals surface area contributed by atoms with E-state index in [4.69, 9.17) is 5.11 Å². The van der Waals surface area contributed by atoms with Gasteiger partial charge in [-0.25, -0.2) is 4.39 Å². The molecule has 0 saturated heterocycles. The first-order valence-corrected chi connectivity index (χ1v) is 2.38. The van der Waals surface area contributed by atoms with Crippen molar-refractivity contribution in [2.24, 2.45) is 0 Å². The second-order valence-corrected chi connectivity index (χ2v) is 1.40. The predicted molar refractivity (Wildman–Crippen MR) is 26.1 cm³/mol. The molecule has 52 valence electrons. The summed E-state index contributed by atoms with van der Waals surface area (Å²) in [6, 6.07) is 0. The summed E-state index contributed by atoms with van der Waals surface area (Å²) in [6.07, 6.45) is -0.0419. The number of hydrogen-bond acceptors (Lipinski definition) is 3. The van der Waals surface area contributed by atoms with E-state index in [0.717, 1.165) is 0 Å². The number of carboxylic acid groups (broad SMARTS) is 1. The van der Waals surface area contributed by atoms with E-state index in [-0.39, 0.29) is 36.0 Å². The number of carbonyl (C=O) groups excluding carboxylic acids is 1.